The summed E-state index contributed by atoms with van der Waals surface area (Å²) in [7, 11) is 1.55. The minimum atomic E-state index is -4.58. The molecule has 1 N–H and O–H groups in total. The predicted molar refractivity (Wildman–Crippen MR) is 112 cm³/mol. The van der Waals surface area contributed by atoms with Crippen LogP contribution >= 0.6 is 11.6 Å². The Morgan fingerprint density at radius 3 is 2.52 bits per heavy atom. The quantitative estimate of drug-likeness (QED) is 0.455. The average Bonchev–Trinajstić information content (AvgIpc) is 3.10. The smallest absolute Gasteiger partial charge is 0.338 e. The fourth-order valence-electron chi connectivity index (χ4n) is 3.09. The maximum absolute atomic E-state index is 13.4. The fraction of sp³-hybridized carbons (Fsp3) is 0.0952. The number of aromatic nitrogens is 3. The minimum Gasteiger partial charge on any atom is -0.338 e. The van der Waals surface area contributed by atoms with Crippen molar-refractivity contribution in [2.24, 2.45) is 0 Å². The lowest BCUT2D eigenvalue weighted by atomic mass is 10.1. The van der Waals surface area contributed by atoms with Gasteiger partial charge in [-0.1, -0.05) is 23.7 Å². The summed E-state index contributed by atoms with van der Waals surface area (Å²) in [5.41, 5.74) is -0.501. The van der Waals surface area contributed by atoms with Crippen LogP contribution in [0.15, 0.2) is 67.0 Å². The molecule has 0 atom stereocenters. The van der Waals surface area contributed by atoms with E-state index in [0.29, 0.717) is 10.7 Å². The van der Waals surface area contributed by atoms with Crippen molar-refractivity contribution < 1.29 is 18.0 Å². The van der Waals surface area contributed by atoms with Crippen molar-refractivity contribution >= 4 is 40.5 Å². The number of para-hydroxylation sites is 1. The predicted octanol–water partition coefficient (Wildman–Crippen LogP) is 5.42. The highest BCUT2D eigenvalue weighted by Gasteiger charge is 2.34. The number of halogens is 4. The molecule has 0 fully saturated rings. The van der Waals surface area contributed by atoms with Gasteiger partial charge >= 0.3 is 6.18 Å². The molecule has 0 radical (unpaired) electrons. The van der Waals surface area contributed by atoms with Crippen molar-refractivity contribution in [3.63, 3.8) is 0 Å². The lowest BCUT2D eigenvalue weighted by Crippen LogP contribution is -2.28. The van der Waals surface area contributed by atoms with Crippen LogP contribution in [-0.4, -0.2) is 27.3 Å². The standard InChI is InChI=1S/C21H15ClF3N5O/c1-29(14-9-7-13(22)8-10-14)19(31)17-18(28-20-26-11-4-12-30(17)20)27-16-6-3-2-5-15(16)21(23,24)25/h2-12,27H,1H3. The van der Waals surface area contributed by atoms with Crippen LogP contribution in [0.4, 0.5) is 30.4 Å². The molecule has 2 heterocycles. The van der Waals surface area contributed by atoms with Gasteiger partial charge in [0.2, 0.25) is 5.78 Å². The molecule has 0 aliphatic rings. The number of hydrogen-bond donors (Lipinski definition) is 1. The Morgan fingerprint density at radius 1 is 1.10 bits per heavy atom. The Balaban J connectivity index is 1.80. The molecular formula is C21H15ClF3N5O. The van der Waals surface area contributed by atoms with Gasteiger partial charge in [0.15, 0.2) is 11.5 Å². The van der Waals surface area contributed by atoms with Gasteiger partial charge in [-0.05, 0) is 42.5 Å². The van der Waals surface area contributed by atoms with E-state index >= 15 is 0 Å². The summed E-state index contributed by atoms with van der Waals surface area (Å²) >= 11 is 5.91. The van der Waals surface area contributed by atoms with E-state index in [-0.39, 0.29) is 23.0 Å². The third-order valence-electron chi connectivity index (χ3n) is 4.61. The second-order valence-electron chi connectivity index (χ2n) is 6.61. The van der Waals surface area contributed by atoms with Gasteiger partial charge in [0.25, 0.3) is 5.91 Å². The first kappa shape index (κ1) is 20.7. The van der Waals surface area contributed by atoms with Crippen LogP contribution in [0.1, 0.15) is 16.1 Å². The van der Waals surface area contributed by atoms with Crippen LogP contribution in [0.2, 0.25) is 5.02 Å². The number of nitrogens with zero attached hydrogens (tertiary/aromatic N) is 4. The summed E-state index contributed by atoms with van der Waals surface area (Å²) in [6, 6.07) is 13.2. The Kier molecular flexibility index (Phi) is 5.28. The molecule has 10 heteroatoms. The fourth-order valence-corrected chi connectivity index (χ4v) is 3.21. The maximum atomic E-state index is 13.4. The van der Waals surface area contributed by atoms with E-state index in [9.17, 15) is 18.0 Å². The molecule has 6 nitrogen and oxygen atoms in total. The van der Waals surface area contributed by atoms with E-state index in [4.69, 9.17) is 11.6 Å². The van der Waals surface area contributed by atoms with Crippen LogP contribution in [0, 0.1) is 0 Å². The van der Waals surface area contributed by atoms with Crippen molar-refractivity contribution in [3.05, 3.63) is 83.3 Å². The molecular weight excluding hydrogens is 431 g/mol. The number of alkyl halides is 3. The summed E-state index contributed by atoms with van der Waals surface area (Å²) in [4.78, 5) is 23.0. The zero-order valence-corrected chi connectivity index (χ0v) is 16.8. The molecule has 158 valence electrons. The van der Waals surface area contributed by atoms with Crippen LogP contribution in [-0.2, 0) is 6.18 Å². The second kappa shape index (κ2) is 7.92. The van der Waals surface area contributed by atoms with Gasteiger partial charge in [-0.2, -0.15) is 18.2 Å². The molecule has 2 aromatic carbocycles. The Labute approximate surface area is 179 Å². The van der Waals surface area contributed by atoms with E-state index < -0.39 is 17.6 Å². The van der Waals surface area contributed by atoms with Crippen molar-refractivity contribution in [3.8, 4) is 0 Å². The zero-order valence-electron chi connectivity index (χ0n) is 16.1. The number of imidazole rings is 1. The Morgan fingerprint density at radius 2 is 1.81 bits per heavy atom. The molecule has 4 aromatic rings. The Bertz CT molecular complexity index is 1250. The number of carbonyl (C=O) groups excluding carboxylic acids is 1. The van der Waals surface area contributed by atoms with Crippen LogP contribution in [0.5, 0.6) is 0 Å². The highest BCUT2D eigenvalue weighted by Crippen LogP contribution is 2.36. The number of nitrogens with one attached hydrogen (secondary N) is 1. The number of amides is 1. The molecule has 0 bridgehead atoms. The first-order valence-electron chi connectivity index (χ1n) is 9.05. The number of rotatable bonds is 4. The maximum Gasteiger partial charge on any atom is 0.418 e. The van der Waals surface area contributed by atoms with Gasteiger partial charge in [0.1, 0.15) is 0 Å². The SMILES string of the molecule is CN(C(=O)c1c(Nc2ccccc2C(F)(F)F)nc2ncccn12)c1ccc(Cl)cc1. The monoisotopic (exact) mass is 445 g/mol. The molecule has 0 spiro atoms. The van der Waals surface area contributed by atoms with Crippen molar-refractivity contribution in [2.45, 2.75) is 6.18 Å². The van der Waals surface area contributed by atoms with Crippen LogP contribution in [0.3, 0.4) is 0 Å². The number of benzene rings is 2. The molecule has 0 saturated heterocycles. The minimum absolute atomic E-state index is 0.0394. The van der Waals surface area contributed by atoms with E-state index in [1.54, 1.807) is 43.6 Å². The second-order valence-corrected chi connectivity index (χ2v) is 7.04. The van der Waals surface area contributed by atoms with E-state index in [1.165, 1.54) is 33.7 Å². The number of hydrogen-bond acceptors (Lipinski definition) is 4. The van der Waals surface area contributed by atoms with Gasteiger partial charge in [0, 0.05) is 30.2 Å². The van der Waals surface area contributed by atoms with Crippen molar-refractivity contribution in [1.29, 1.82) is 0 Å². The number of fused-ring (bicyclic) bond motifs is 1. The third-order valence-corrected chi connectivity index (χ3v) is 4.86. The van der Waals surface area contributed by atoms with Gasteiger partial charge in [-0.15, -0.1) is 0 Å². The van der Waals surface area contributed by atoms with Gasteiger partial charge in [0.05, 0.1) is 11.3 Å². The molecule has 0 aliphatic heterocycles. The lowest BCUT2D eigenvalue weighted by Gasteiger charge is -2.19. The first-order valence-corrected chi connectivity index (χ1v) is 9.43. The van der Waals surface area contributed by atoms with Crippen molar-refractivity contribution in [1.82, 2.24) is 14.4 Å². The van der Waals surface area contributed by atoms with E-state index in [2.05, 4.69) is 15.3 Å². The van der Waals surface area contributed by atoms with Gasteiger partial charge in [-0.25, -0.2) is 4.98 Å². The molecule has 31 heavy (non-hydrogen) atoms. The lowest BCUT2D eigenvalue weighted by molar-refractivity contribution is -0.136. The summed E-state index contributed by atoms with van der Waals surface area (Å²) < 4.78 is 41.7. The molecule has 0 saturated carbocycles. The summed E-state index contributed by atoms with van der Waals surface area (Å²) in [6.45, 7) is 0. The Hall–Kier alpha value is -3.59. The molecule has 0 aliphatic carbocycles. The van der Waals surface area contributed by atoms with E-state index in [0.717, 1.165) is 6.07 Å². The highest BCUT2D eigenvalue weighted by atomic mass is 35.5. The first-order chi connectivity index (χ1) is 14.8. The van der Waals surface area contributed by atoms with E-state index in [1.807, 2.05) is 0 Å². The molecule has 4 rings (SSSR count). The van der Waals surface area contributed by atoms with Crippen LogP contribution < -0.4 is 10.2 Å². The zero-order chi connectivity index (χ0) is 22.2. The molecule has 0 unspecified atom stereocenters. The molecule has 1 amide bonds. The van der Waals surface area contributed by atoms with Gasteiger partial charge in [-0.3, -0.25) is 9.20 Å². The van der Waals surface area contributed by atoms with Crippen LogP contribution in [0.25, 0.3) is 5.78 Å². The largest absolute Gasteiger partial charge is 0.418 e. The van der Waals surface area contributed by atoms with Crippen molar-refractivity contribution in [2.75, 3.05) is 17.3 Å². The summed E-state index contributed by atoms with van der Waals surface area (Å²) in [5, 5.41) is 3.18. The average molecular weight is 446 g/mol. The topological polar surface area (TPSA) is 62.5 Å². The summed E-state index contributed by atoms with van der Waals surface area (Å²) in [6.07, 6.45) is -1.53. The third kappa shape index (κ3) is 4.04. The number of anilines is 3. The number of carbonyl (C=O) groups is 1. The normalized spacial score (nSPS) is 11.5. The van der Waals surface area contributed by atoms with Gasteiger partial charge < -0.3 is 10.2 Å². The molecule has 2 aromatic heterocycles. The highest BCUT2D eigenvalue weighted by molar-refractivity contribution is 6.30. The summed E-state index contributed by atoms with van der Waals surface area (Å²) in [5.74, 6) is -0.363.